The molecule has 0 aromatic carbocycles. The van der Waals surface area contributed by atoms with Gasteiger partial charge in [-0.05, 0) is 0 Å². The minimum absolute atomic E-state index is 0. The minimum atomic E-state index is 0. The minimum Gasteiger partial charge on any atom is -0.303 e. The Morgan fingerprint density at radius 3 is 2.00 bits per heavy atom. The van der Waals surface area contributed by atoms with Crippen molar-refractivity contribution < 1.29 is 4.79 Å². The maximum Gasteiger partial charge on any atom is 0.119 e. The first-order valence-electron chi connectivity index (χ1n) is 1.35. The van der Waals surface area contributed by atoms with Crippen molar-refractivity contribution in [2.45, 2.75) is 13.3 Å². The van der Waals surface area contributed by atoms with Gasteiger partial charge in [0.2, 0.25) is 0 Å². The molecule has 0 atom stereocenters. The zero-order valence-corrected chi connectivity index (χ0v) is 6.82. The molecule has 0 aliphatic carbocycles. The predicted octanol–water partition coefficient (Wildman–Crippen LogP) is 0.214. The molecule has 0 saturated carbocycles. The number of aldehydes is 1. The summed E-state index contributed by atoms with van der Waals surface area (Å²) in [6, 6.07) is 0. The molecule has 0 N–H and O–H groups in total. The fourth-order valence-electron chi connectivity index (χ4n) is 0. The Morgan fingerprint density at radius 1 is 1.80 bits per heavy atom. The molecule has 0 heterocycles. The van der Waals surface area contributed by atoms with Gasteiger partial charge in [0.1, 0.15) is 6.29 Å². The Hall–Kier alpha value is 1.31. The summed E-state index contributed by atoms with van der Waals surface area (Å²) in [5.74, 6) is 0. The maximum atomic E-state index is 9.17. The molecule has 0 aliphatic heterocycles. The second kappa shape index (κ2) is 9.00. The van der Waals surface area contributed by atoms with Gasteiger partial charge in [0, 0.05) is 57.8 Å². The van der Waals surface area contributed by atoms with Crippen LogP contribution in [0.1, 0.15) is 13.3 Å². The van der Waals surface area contributed by atoms with E-state index in [2.05, 4.69) is 0 Å². The van der Waals surface area contributed by atoms with E-state index in [0.717, 1.165) is 6.29 Å². The van der Waals surface area contributed by atoms with E-state index >= 15 is 0 Å². The smallest absolute Gasteiger partial charge is 0.119 e. The van der Waals surface area contributed by atoms with Gasteiger partial charge in [-0.25, -0.2) is 0 Å². The number of hydrogen-bond acceptors (Lipinski definition) is 1. The monoisotopic (exact) mass is 97.0 g/mol. The van der Waals surface area contributed by atoms with Gasteiger partial charge >= 0.3 is 0 Å². The van der Waals surface area contributed by atoms with Crippen molar-refractivity contribution in [3.63, 3.8) is 0 Å². The first-order chi connectivity index (χ1) is 1.91. The van der Waals surface area contributed by atoms with E-state index in [9.17, 15) is 4.79 Å². The molecule has 0 fully saturated rings. The SMILES string of the molecule is CCC=O.[K]. The molecule has 0 unspecified atom stereocenters. The van der Waals surface area contributed by atoms with E-state index in [1.807, 2.05) is 6.92 Å². The second-order valence-electron chi connectivity index (χ2n) is 0.575. The Bertz CT molecular complexity index is 20.9. The fourth-order valence-corrected chi connectivity index (χ4v) is 0. The van der Waals surface area contributed by atoms with Crippen LogP contribution in [-0.4, -0.2) is 57.7 Å². The van der Waals surface area contributed by atoms with Crippen LogP contribution in [0.4, 0.5) is 0 Å². The largest absolute Gasteiger partial charge is 0.303 e. The Kier molecular flexibility index (Phi) is 17.2. The van der Waals surface area contributed by atoms with E-state index < -0.39 is 0 Å². The van der Waals surface area contributed by atoms with Crippen molar-refractivity contribution in [2.24, 2.45) is 0 Å². The van der Waals surface area contributed by atoms with Crippen LogP contribution in [0.15, 0.2) is 0 Å². The van der Waals surface area contributed by atoms with E-state index in [4.69, 9.17) is 0 Å². The third-order valence-corrected chi connectivity index (χ3v) is 0.167. The van der Waals surface area contributed by atoms with Crippen LogP contribution in [0, 0.1) is 0 Å². The van der Waals surface area contributed by atoms with Gasteiger partial charge < -0.3 is 4.79 Å². The molecule has 0 rings (SSSR count). The molecular weight excluding hydrogens is 91.1 g/mol. The van der Waals surface area contributed by atoms with Crippen LogP contribution in [0.25, 0.3) is 0 Å². The molecule has 0 amide bonds. The van der Waals surface area contributed by atoms with Gasteiger partial charge in [0.05, 0.1) is 0 Å². The summed E-state index contributed by atoms with van der Waals surface area (Å²) in [7, 11) is 0. The number of rotatable bonds is 1. The normalized spacial score (nSPS) is 5.00. The Labute approximate surface area is 74.6 Å². The average Bonchev–Trinajstić information content (AvgIpc) is 1.37. The van der Waals surface area contributed by atoms with Crippen LogP contribution < -0.4 is 0 Å². The summed E-state index contributed by atoms with van der Waals surface area (Å²) in [6.07, 6.45) is 1.51. The summed E-state index contributed by atoms with van der Waals surface area (Å²) in [4.78, 5) is 9.17. The first kappa shape index (κ1) is 9.58. The second-order valence-corrected chi connectivity index (χ2v) is 0.575. The number of carbonyl (C=O) groups is 1. The zero-order chi connectivity index (χ0) is 3.41. The number of carbonyl (C=O) groups excluding carboxylic acids is 1. The molecule has 2 heteroatoms. The van der Waals surface area contributed by atoms with Crippen molar-refractivity contribution in [1.29, 1.82) is 0 Å². The predicted molar refractivity (Wildman–Crippen MR) is 22.1 cm³/mol. The van der Waals surface area contributed by atoms with Crippen LogP contribution in [0.2, 0.25) is 0 Å². The molecule has 1 radical (unpaired) electrons. The van der Waals surface area contributed by atoms with Gasteiger partial charge in [-0.2, -0.15) is 0 Å². The van der Waals surface area contributed by atoms with E-state index in [1.54, 1.807) is 0 Å². The summed E-state index contributed by atoms with van der Waals surface area (Å²) in [5.41, 5.74) is 0. The van der Waals surface area contributed by atoms with Gasteiger partial charge in [-0.1, -0.05) is 6.92 Å². The Balaban J connectivity index is 0. The van der Waals surface area contributed by atoms with Gasteiger partial charge in [0.15, 0.2) is 0 Å². The van der Waals surface area contributed by atoms with Gasteiger partial charge in [0.25, 0.3) is 0 Å². The summed E-state index contributed by atoms with van der Waals surface area (Å²) in [5, 5.41) is 0. The molecule has 0 aliphatic rings. The number of hydrogen-bond donors (Lipinski definition) is 0. The van der Waals surface area contributed by atoms with Crippen LogP contribution >= 0.6 is 0 Å². The zero-order valence-electron chi connectivity index (χ0n) is 3.69. The van der Waals surface area contributed by atoms with Crippen molar-refractivity contribution >= 4 is 57.7 Å². The van der Waals surface area contributed by atoms with Crippen molar-refractivity contribution in [1.82, 2.24) is 0 Å². The van der Waals surface area contributed by atoms with Crippen molar-refractivity contribution in [2.75, 3.05) is 0 Å². The van der Waals surface area contributed by atoms with Gasteiger partial charge in [-0.3, -0.25) is 0 Å². The molecule has 1 nitrogen and oxygen atoms in total. The molecule has 25 valence electrons. The molecule has 0 spiro atoms. The van der Waals surface area contributed by atoms with Crippen molar-refractivity contribution in [3.8, 4) is 0 Å². The van der Waals surface area contributed by atoms with Crippen molar-refractivity contribution in [3.05, 3.63) is 0 Å². The average molecular weight is 97.2 g/mol. The molecule has 0 bridgehead atoms. The Morgan fingerprint density at radius 2 is 2.00 bits per heavy atom. The standard InChI is InChI=1S/C3H6O.K/c1-2-3-4;/h3H,2H2,1H3;. The fraction of sp³-hybridized carbons (Fsp3) is 0.667. The summed E-state index contributed by atoms with van der Waals surface area (Å²) < 4.78 is 0. The third-order valence-electron chi connectivity index (χ3n) is 0.167. The molecule has 5 heavy (non-hydrogen) atoms. The van der Waals surface area contributed by atoms with E-state index in [-0.39, 0.29) is 51.4 Å². The van der Waals surface area contributed by atoms with Crippen LogP contribution in [0.5, 0.6) is 0 Å². The molecule has 0 saturated heterocycles. The summed E-state index contributed by atoms with van der Waals surface area (Å²) >= 11 is 0. The first-order valence-corrected chi connectivity index (χ1v) is 1.35. The van der Waals surface area contributed by atoms with Crippen LogP contribution in [0.3, 0.4) is 0 Å². The van der Waals surface area contributed by atoms with Crippen LogP contribution in [-0.2, 0) is 4.79 Å². The summed E-state index contributed by atoms with van der Waals surface area (Å²) in [6.45, 7) is 1.81. The molecular formula is C3H6KO. The molecule has 0 aromatic heterocycles. The van der Waals surface area contributed by atoms with E-state index in [1.165, 1.54) is 0 Å². The topological polar surface area (TPSA) is 17.1 Å². The molecule has 0 aromatic rings. The van der Waals surface area contributed by atoms with Gasteiger partial charge in [-0.15, -0.1) is 0 Å². The quantitative estimate of drug-likeness (QED) is 0.338. The van der Waals surface area contributed by atoms with E-state index in [0.29, 0.717) is 6.42 Å². The maximum absolute atomic E-state index is 9.17. The third kappa shape index (κ3) is 10.9.